The molecule has 2 aromatic carbocycles. The van der Waals surface area contributed by atoms with Crippen LogP contribution in [0, 0.1) is 27.6 Å². The van der Waals surface area contributed by atoms with Gasteiger partial charge in [-0.3, -0.25) is 19.8 Å². The highest BCUT2D eigenvalue weighted by molar-refractivity contribution is 5.92. The molecule has 0 atom stereocenters. The molecular weight excluding hydrogens is 339 g/mol. The molecule has 0 aromatic heterocycles. The molecule has 1 amide bonds. The number of anilines is 1. The van der Waals surface area contributed by atoms with Gasteiger partial charge in [-0.1, -0.05) is 18.2 Å². The van der Waals surface area contributed by atoms with Crippen molar-refractivity contribution in [3.63, 3.8) is 0 Å². The second kappa shape index (κ2) is 7.75. The Bertz CT molecular complexity index is 814. The zero-order chi connectivity index (χ0) is 18.6. The molecule has 0 aliphatic carbocycles. The zero-order valence-electron chi connectivity index (χ0n) is 13.1. The Morgan fingerprint density at radius 2 is 1.84 bits per heavy atom. The number of rotatable bonds is 6. The summed E-state index contributed by atoms with van der Waals surface area (Å²) in [6.07, 6.45) is 0. The van der Waals surface area contributed by atoms with E-state index in [-0.39, 0.29) is 18.8 Å². The van der Waals surface area contributed by atoms with E-state index in [2.05, 4.69) is 5.32 Å². The molecule has 0 bridgehead atoms. The summed E-state index contributed by atoms with van der Waals surface area (Å²) in [4.78, 5) is 23.8. The Hall–Kier alpha value is -2.94. The van der Waals surface area contributed by atoms with Crippen LogP contribution in [0.15, 0.2) is 36.4 Å². The van der Waals surface area contributed by atoms with Gasteiger partial charge in [-0.2, -0.15) is 0 Å². The van der Waals surface area contributed by atoms with Crippen LogP contribution in [0.1, 0.15) is 5.56 Å². The standard InChI is InChI=1S/C16H14F3N3O3/c1-21(8-10-4-2-3-5-13(10)22(24)25)9-14(23)20-12-7-6-11(17)15(18)16(12)19/h2-7H,8-9H2,1H3,(H,20,23). The van der Waals surface area contributed by atoms with E-state index in [0.29, 0.717) is 11.6 Å². The van der Waals surface area contributed by atoms with Crippen LogP contribution < -0.4 is 5.32 Å². The van der Waals surface area contributed by atoms with Crippen molar-refractivity contribution in [3.8, 4) is 0 Å². The Labute approximate surface area is 141 Å². The van der Waals surface area contributed by atoms with Crippen LogP contribution in [-0.4, -0.2) is 29.3 Å². The lowest BCUT2D eigenvalue weighted by molar-refractivity contribution is -0.385. The Morgan fingerprint density at radius 3 is 2.52 bits per heavy atom. The van der Waals surface area contributed by atoms with Gasteiger partial charge in [-0.15, -0.1) is 0 Å². The number of nitro groups is 1. The van der Waals surface area contributed by atoms with Crippen molar-refractivity contribution < 1.29 is 22.9 Å². The van der Waals surface area contributed by atoms with Gasteiger partial charge in [0.1, 0.15) is 0 Å². The van der Waals surface area contributed by atoms with Crippen LogP contribution in [0.3, 0.4) is 0 Å². The molecule has 0 unspecified atom stereocenters. The summed E-state index contributed by atoms with van der Waals surface area (Å²) < 4.78 is 39.5. The number of hydrogen-bond donors (Lipinski definition) is 1. The largest absolute Gasteiger partial charge is 0.322 e. The number of amides is 1. The molecule has 9 heteroatoms. The third kappa shape index (κ3) is 4.54. The highest BCUT2D eigenvalue weighted by atomic mass is 19.2. The van der Waals surface area contributed by atoms with E-state index in [1.807, 2.05) is 0 Å². The smallest absolute Gasteiger partial charge is 0.273 e. The number of carbonyl (C=O) groups excluding carboxylic acids is 1. The van der Waals surface area contributed by atoms with Gasteiger partial charge in [-0.05, 0) is 19.2 Å². The van der Waals surface area contributed by atoms with Crippen molar-refractivity contribution in [2.24, 2.45) is 0 Å². The monoisotopic (exact) mass is 353 g/mol. The molecule has 2 rings (SSSR count). The molecule has 1 N–H and O–H groups in total. The molecule has 0 fully saturated rings. The van der Waals surface area contributed by atoms with E-state index in [1.165, 1.54) is 24.1 Å². The third-order valence-electron chi connectivity index (χ3n) is 3.35. The second-order valence-corrected chi connectivity index (χ2v) is 5.33. The fraction of sp³-hybridized carbons (Fsp3) is 0.188. The Morgan fingerprint density at radius 1 is 1.16 bits per heavy atom. The number of para-hydroxylation sites is 1. The minimum absolute atomic E-state index is 0.0820. The molecule has 0 saturated carbocycles. The van der Waals surface area contributed by atoms with Crippen LogP contribution in [0.4, 0.5) is 24.5 Å². The summed E-state index contributed by atoms with van der Waals surface area (Å²) in [7, 11) is 1.54. The van der Waals surface area contributed by atoms with Crippen molar-refractivity contribution >= 4 is 17.3 Å². The van der Waals surface area contributed by atoms with E-state index in [4.69, 9.17) is 0 Å². The average Bonchev–Trinajstić information content (AvgIpc) is 2.55. The SMILES string of the molecule is CN(CC(=O)Nc1ccc(F)c(F)c1F)Cc1ccccc1[N+](=O)[O-]. The predicted molar refractivity (Wildman–Crippen MR) is 84.4 cm³/mol. The number of benzene rings is 2. The van der Waals surface area contributed by atoms with Crippen molar-refractivity contribution in [2.75, 3.05) is 18.9 Å². The first-order valence-electron chi connectivity index (χ1n) is 7.13. The lowest BCUT2D eigenvalue weighted by atomic mass is 10.1. The number of carbonyl (C=O) groups is 1. The second-order valence-electron chi connectivity index (χ2n) is 5.33. The molecule has 2 aromatic rings. The molecule has 132 valence electrons. The van der Waals surface area contributed by atoms with Crippen molar-refractivity contribution in [1.82, 2.24) is 4.90 Å². The van der Waals surface area contributed by atoms with Crippen LogP contribution in [0.25, 0.3) is 0 Å². The van der Waals surface area contributed by atoms with Gasteiger partial charge in [0.2, 0.25) is 5.91 Å². The third-order valence-corrected chi connectivity index (χ3v) is 3.35. The normalized spacial score (nSPS) is 10.8. The van der Waals surface area contributed by atoms with Crippen LogP contribution in [0.5, 0.6) is 0 Å². The first-order chi connectivity index (χ1) is 11.8. The van der Waals surface area contributed by atoms with E-state index in [0.717, 1.165) is 6.07 Å². The highest BCUT2D eigenvalue weighted by Gasteiger charge is 2.18. The van der Waals surface area contributed by atoms with E-state index in [9.17, 15) is 28.1 Å². The van der Waals surface area contributed by atoms with Gasteiger partial charge in [-0.25, -0.2) is 13.2 Å². The maximum Gasteiger partial charge on any atom is 0.273 e. The number of likely N-dealkylation sites (N-methyl/N-ethyl adjacent to an activating group) is 1. The fourth-order valence-corrected chi connectivity index (χ4v) is 2.23. The Balaban J connectivity index is 2.02. The molecule has 0 aliphatic heterocycles. The lowest BCUT2D eigenvalue weighted by Gasteiger charge is -2.16. The van der Waals surface area contributed by atoms with E-state index >= 15 is 0 Å². The minimum atomic E-state index is -1.67. The molecule has 25 heavy (non-hydrogen) atoms. The number of hydrogen-bond acceptors (Lipinski definition) is 4. The molecule has 0 spiro atoms. The first kappa shape index (κ1) is 18.4. The first-order valence-corrected chi connectivity index (χ1v) is 7.13. The van der Waals surface area contributed by atoms with E-state index in [1.54, 1.807) is 12.1 Å². The summed E-state index contributed by atoms with van der Waals surface area (Å²) in [6.45, 7) is -0.130. The van der Waals surface area contributed by atoms with E-state index < -0.39 is 34.0 Å². The molecule has 0 aliphatic rings. The number of nitrogens with one attached hydrogen (secondary N) is 1. The summed E-state index contributed by atoms with van der Waals surface area (Å²) in [5.74, 6) is -5.20. The van der Waals surface area contributed by atoms with Crippen molar-refractivity contribution in [2.45, 2.75) is 6.54 Å². The predicted octanol–water partition coefficient (Wildman–Crippen LogP) is 3.08. The summed E-state index contributed by atoms with van der Waals surface area (Å²) in [5, 5.41) is 13.1. The maximum absolute atomic E-state index is 13.5. The van der Waals surface area contributed by atoms with Crippen LogP contribution in [0.2, 0.25) is 0 Å². The maximum atomic E-state index is 13.5. The topological polar surface area (TPSA) is 75.5 Å². The fourth-order valence-electron chi connectivity index (χ4n) is 2.23. The molecule has 6 nitrogen and oxygen atoms in total. The van der Waals surface area contributed by atoms with Crippen molar-refractivity contribution in [1.29, 1.82) is 0 Å². The molecule has 0 radical (unpaired) electrons. The molecule has 0 heterocycles. The highest BCUT2D eigenvalue weighted by Crippen LogP contribution is 2.20. The minimum Gasteiger partial charge on any atom is -0.322 e. The van der Waals surface area contributed by atoms with Crippen LogP contribution in [-0.2, 0) is 11.3 Å². The summed E-state index contributed by atoms with van der Waals surface area (Å²) >= 11 is 0. The summed E-state index contributed by atoms with van der Waals surface area (Å²) in [5.41, 5.74) is -0.161. The quantitative estimate of drug-likeness (QED) is 0.492. The van der Waals surface area contributed by atoms with Gasteiger partial charge >= 0.3 is 0 Å². The van der Waals surface area contributed by atoms with Crippen molar-refractivity contribution in [3.05, 3.63) is 69.5 Å². The number of halogens is 3. The lowest BCUT2D eigenvalue weighted by Crippen LogP contribution is -2.30. The van der Waals surface area contributed by atoms with Gasteiger partial charge in [0, 0.05) is 18.2 Å². The zero-order valence-corrected chi connectivity index (χ0v) is 13.1. The number of nitro benzene ring substituents is 1. The summed E-state index contributed by atoms with van der Waals surface area (Å²) in [6, 6.07) is 7.67. The van der Waals surface area contributed by atoms with Gasteiger partial charge in [0.25, 0.3) is 5.69 Å². The van der Waals surface area contributed by atoms with Gasteiger partial charge < -0.3 is 5.32 Å². The van der Waals surface area contributed by atoms with Crippen LogP contribution >= 0.6 is 0 Å². The Kier molecular flexibility index (Phi) is 5.71. The van der Waals surface area contributed by atoms with Gasteiger partial charge in [0.05, 0.1) is 17.2 Å². The van der Waals surface area contributed by atoms with Gasteiger partial charge in [0.15, 0.2) is 17.5 Å². The molecule has 0 saturated heterocycles. The molecular formula is C16H14F3N3O3. The number of nitrogens with zero attached hydrogens (tertiary/aromatic N) is 2. The average molecular weight is 353 g/mol.